The van der Waals surface area contributed by atoms with Crippen molar-refractivity contribution in [3.8, 4) is 0 Å². The maximum Gasteiger partial charge on any atom is 0.128 e. The van der Waals surface area contributed by atoms with Crippen molar-refractivity contribution in [3.05, 3.63) is 59.8 Å². The van der Waals surface area contributed by atoms with Crippen LogP contribution in [0.4, 0.5) is 5.82 Å². The van der Waals surface area contributed by atoms with Gasteiger partial charge in [-0.05, 0) is 24.5 Å². The number of aliphatic hydroxyl groups is 1. The van der Waals surface area contributed by atoms with E-state index in [0.29, 0.717) is 0 Å². The van der Waals surface area contributed by atoms with Gasteiger partial charge in [-0.3, -0.25) is 0 Å². The molecule has 1 saturated heterocycles. The molecule has 0 bridgehead atoms. The summed E-state index contributed by atoms with van der Waals surface area (Å²) in [5.74, 6) is 1.02. The van der Waals surface area contributed by atoms with E-state index in [9.17, 15) is 5.11 Å². The number of rotatable bonds is 3. The molecular formula is C16H18N2O. The highest BCUT2D eigenvalue weighted by molar-refractivity contribution is 5.41. The lowest BCUT2D eigenvalue weighted by molar-refractivity contribution is 0.220. The number of hydrogen-bond acceptors (Lipinski definition) is 3. The fourth-order valence-corrected chi connectivity index (χ4v) is 2.52. The molecule has 0 saturated carbocycles. The summed E-state index contributed by atoms with van der Waals surface area (Å²) in [6, 6.07) is 13.7. The van der Waals surface area contributed by atoms with Gasteiger partial charge in [0.15, 0.2) is 0 Å². The Labute approximate surface area is 113 Å². The number of benzene rings is 1. The molecule has 0 radical (unpaired) electrons. The van der Waals surface area contributed by atoms with Gasteiger partial charge in [0.25, 0.3) is 0 Å². The fourth-order valence-electron chi connectivity index (χ4n) is 2.52. The minimum atomic E-state index is -0.596. The first-order valence-electron chi connectivity index (χ1n) is 6.78. The molecule has 1 aromatic carbocycles. The number of anilines is 1. The summed E-state index contributed by atoms with van der Waals surface area (Å²) in [6.45, 7) is 2.18. The molecule has 1 N–H and O–H groups in total. The van der Waals surface area contributed by atoms with Crippen LogP contribution in [0.15, 0.2) is 48.7 Å². The monoisotopic (exact) mass is 254 g/mol. The maximum atomic E-state index is 10.3. The third-order valence-electron chi connectivity index (χ3n) is 3.63. The molecule has 1 atom stereocenters. The van der Waals surface area contributed by atoms with E-state index in [1.807, 2.05) is 42.5 Å². The molecule has 0 aliphatic carbocycles. The summed E-state index contributed by atoms with van der Waals surface area (Å²) >= 11 is 0. The quantitative estimate of drug-likeness (QED) is 0.915. The summed E-state index contributed by atoms with van der Waals surface area (Å²) < 4.78 is 0. The Balaban J connectivity index is 1.78. The molecule has 1 fully saturated rings. The van der Waals surface area contributed by atoms with E-state index in [1.165, 1.54) is 12.8 Å². The van der Waals surface area contributed by atoms with Crippen LogP contribution in [-0.4, -0.2) is 23.2 Å². The molecule has 1 unspecified atom stereocenters. The van der Waals surface area contributed by atoms with Gasteiger partial charge in [-0.25, -0.2) is 4.98 Å². The first-order valence-corrected chi connectivity index (χ1v) is 6.78. The predicted octanol–water partition coefficient (Wildman–Crippen LogP) is 2.76. The summed E-state index contributed by atoms with van der Waals surface area (Å²) in [7, 11) is 0. The second-order valence-corrected chi connectivity index (χ2v) is 4.96. The van der Waals surface area contributed by atoms with Crippen LogP contribution in [0.2, 0.25) is 0 Å². The lowest BCUT2D eigenvalue weighted by atomic mass is 10.0. The number of nitrogens with zero attached hydrogens (tertiary/aromatic N) is 2. The molecule has 3 nitrogen and oxygen atoms in total. The number of hydrogen-bond donors (Lipinski definition) is 1. The zero-order valence-corrected chi connectivity index (χ0v) is 10.9. The Morgan fingerprint density at radius 3 is 2.32 bits per heavy atom. The van der Waals surface area contributed by atoms with Gasteiger partial charge in [0.1, 0.15) is 11.9 Å². The van der Waals surface area contributed by atoms with Crippen LogP contribution in [0.25, 0.3) is 0 Å². The molecule has 1 aliphatic heterocycles. The van der Waals surface area contributed by atoms with E-state index < -0.39 is 6.10 Å². The average Bonchev–Trinajstić information content (AvgIpc) is 3.02. The Bertz CT molecular complexity index is 518. The van der Waals surface area contributed by atoms with Gasteiger partial charge in [0, 0.05) is 24.8 Å². The van der Waals surface area contributed by atoms with Crippen LogP contribution in [0.5, 0.6) is 0 Å². The maximum absolute atomic E-state index is 10.3. The number of aromatic nitrogens is 1. The van der Waals surface area contributed by atoms with Gasteiger partial charge < -0.3 is 10.0 Å². The molecule has 3 heteroatoms. The molecule has 3 rings (SSSR count). The van der Waals surface area contributed by atoms with Crippen molar-refractivity contribution >= 4 is 5.82 Å². The zero-order valence-electron chi connectivity index (χ0n) is 10.9. The van der Waals surface area contributed by atoms with Crippen molar-refractivity contribution in [3.63, 3.8) is 0 Å². The van der Waals surface area contributed by atoms with E-state index in [0.717, 1.165) is 30.0 Å². The minimum Gasteiger partial charge on any atom is -0.384 e. The second kappa shape index (κ2) is 5.41. The third kappa shape index (κ3) is 2.61. The normalized spacial score (nSPS) is 16.6. The SMILES string of the molecule is OC(c1ccccc1)c1ccc(N2CCCC2)nc1. The van der Waals surface area contributed by atoms with Crippen LogP contribution < -0.4 is 4.90 Å². The third-order valence-corrected chi connectivity index (χ3v) is 3.63. The van der Waals surface area contributed by atoms with Gasteiger partial charge in [0.2, 0.25) is 0 Å². The largest absolute Gasteiger partial charge is 0.384 e. The van der Waals surface area contributed by atoms with Crippen molar-refractivity contribution in [2.45, 2.75) is 18.9 Å². The summed E-state index contributed by atoms with van der Waals surface area (Å²) in [5.41, 5.74) is 1.74. The Morgan fingerprint density at radius 1 is 0.947 bits per heavy atom. The van der Waals surface area contributed by atoms with Crippen LogP contribution in [0.1, 0.15) is 30.1 Å². The van der Waals surface area contributed by atoms with E-state index in [1.54, 1.807) is 6.20 Å². The van der Waals surface area contributed by atoms with Crippen LogP contribution in [-0.2, 0) is 0 Å². The van der Waals surface area contributed by atoms with Crippen LogP contribution in [0.3, 0.4) is 0 Å². The lowest BCUT2D eigenvalue weighted by Gasteiger charge is -2.17. The van der Waals surface area contributed by atoms with Crippen molar-refractivity contribution in [2.24, 2.45) is 0 Å². The molecule has 2 aromatic rings. The zero-order chi connectivity index (χ0) is 13.1. The van der Waals surface area contributed by atoms with E-state index in [-0.39, 0.29) is 0 Å². The summed E-state index contributed by atoms with van der Waals surface area (Å²) in [4.78, 5) is 6.76. The van der Waals surface area contributed by atoms with Gasteiger partial charge >= 0.3 is 0 Å². The van der Waals surface area contributed by atoms with Crippen molar-refractivity contribution in [1.29, 1.82) is 0 Å². The van der Waals surface area contributed by atoms with E-state index in [2.05, 4.69) is 9.88 Å². The fraction of sp³-hybridized carbons (Fsp3) is 0.312. The molecule has 1 aliphatic rings. The van der Waals surface area contributed by atoms with Crippen LogP contribution in [0, 0.1) is 0 Å². The summed E-state index contributed by atoms with van der Waals surface area (Å²) in [6.07, 6.45) is 3.68. The first kappa shape index (κ1) is 12.2. The van der Waals surface area contributed by atoms with Gasteiger partial charge in [-0.1, -0.05) is 36.4 Å². The highest BCUT2D eigenvalue weighted by atomic mass is 16.3. The predicted molar refractivity (Wildman–Crippen MR) is 76.2 cm³/mol. The van der Waals surface area contributed by atoms with E-state index >= 15 is 0 Å². The minimum absolute atomic E-state index is 0.596. The molecule has 19 heavy (non-hydrogen) atoms. The highest BCUT2D eigenvalue weighted by Crippen LogP contribution is 2.23. The molecular weight excluding hydrogens is 236 g/mol. The molecule has 2 heterocycles. The van der Waals surface area contributed by atoms with Gasteiger partial charge in [-0.2, -0.15) is 0 Å². The first-order chi connectivity index (χ1) is 9.34. The van der Waals surface area contributed by atoms with E-state index in [4.69, 9.17) is 0 Å². The van der Waals surface area contributed by atoms with Gasteiger partial charge in [0.05, 0.1) is 0 Å². The van der Waals surface area contributed by atoms with Crippen molar-refractivity contribution < 1.29 is 5.11 Å². The smallest absolute Gasteiger partial charge is 0.128 e. The topological polar surface area (TPSA) is 36.4 Å². The average molecular weight is 254 g/mol. The second-order valence-electron chi connectivity index (χ2n) is 4.96. The van der Waals surface area contributed by atoms with Gasteiger partial charge in [-0.15, -0.1) is 0 Å². The summed E-state index contributed by atoms with van der Waals surface area (Å²) in [5, 5.41) is 10.3. The molecule has 0 spiro atoms. The van der Waals surface area contributed by atoms with Crippen molar-refractivity contribution in [1.82, 2.24) is 4.98 Å². The Kier molecular flexibility index (Phi) is 3.47. The molecule has 0 amide bonds. The number of aliphatic hydroxyl groups excluding tert-OH is 1. The molecule has 1 aromatic heterocycles. The lowest BCUT2D eigenvalue weighted by Crippen LogP contribution is -2.18. The standard InChI is InChI=1S/C16H18N2O/c19-16(13-6-2-1-3-7-13)14-8-9-15(17-12-14)18-10-4-5-11-18/h1-3,6-9,12,16,19H,4-5,10-11H2. The highest BCUT2D eigenvalue weighted by Gasteiger charge is 2.15. The van der Waals surface area contributed by atoms with Crippen LogP contribution >= 0.6 is 0 Å². The Morgan fingerprint density at radius 2 is 1.68 bits per heavy atom. The molecule has 98 valence electrons. The number of pyridine rings is 1. The van der Waals surface area contributed by atoms with Crippen molar-refractivity contribution in [2.75, 3.05) is 18.0 Å². The Hall–Kier alpha value is -1.87.